The van der Waals surface area contributed by atoms with Crippen molar-refractivity contribution in [2.24, 2.45) is 0 Å². The Labute approximate surface area is 182 Å². The molecule has 1 aromatic carbocycles. The topological polar surface area (TPSA) is 91.1 Å². The van der Waals surface area contributed by atoms with Gasteiger partial charge in [-0.15, -0.1) is 0 Å². The van der Waals surface area contributed by atoms with Gasteiger partial charge in [0.1, 0.15) is 11.9 Å². The van der Waals surface area contributed by atoms with E-state index in [1.807, 2.05) is 6.92 Å². The highest BCUT2D eigenvalue weighted by Gasteiger charge is 2.36. The van der Waals surface area contributed by atoms with E-state index in [1.165, 1.54) is 28.6 Å². The van der Waals surface area contributed by atoms with Crippen LogP contribution in [0.4, 0.5) is 4.39 Å². The van der Waals surface area contributed by atoms with Crippen LogP contribution in [0.1, 0.15) is 77.9 Å². The van der Waals surface area contributed by atoms with Gasteiger partial charge in [-0.05, 0) is 49.9 Å². The number of aromatic nitrogens is 1. The molecule has 31 heavy (non-hydrogen) atoms. The number of sulfonamides is 1. The van der Waals surface area contributed by atoms with Crippen LogP contribution in [-0.2, 0) is 15.8 Å². The number of piperidine rings is 1. The summed E-state index contributed by atoms with van der Waals surface area (Å²) in [6, 6.07) is 8.49. The maximum atomic E-state index is 13.2. The van der Waals surface area contributed by atoms with Gasteiger partial charge < -0.3 is 0 Å². The third kappa shape index (κ3) is 5.17. The van der Waals surface area contributed by atoms with Crippen molar-refractivity contribution < 1.29 is 17.6 Å². The summed E-state index contributed by atoms with van der Waals surface area (Å²) >= 11 is 0. The van der Waals surface area contributed by atoms with Gasteiger partial charge in [0.25, 0.3) is 0 Å². The molecule has 0 saturated carbocycles. The normalized spacial score (nSPS) is 17.3. The van der Waals surface area contributed by atoms with Crippen LogP contribution in [0.25, 0.3) is 0 Å². The van der Waals surface area contributed by atoms with Crippen molar-refractivity contribution in [3.05, 3.63) is 64.2 Å². The molecule has 2 heterocycles. The lowest BCUT2D eigenvalue weighted by Crippen LogP contribution is -2.40. The van der Waals surface area contributed by atoms with Crippen LogP contribution in [0, 0.1) is 24.1 Å². The number of rotatable bonds is 7. The van der Waals surface area contributed by atoms with Crippen LogP contribution in [-0.4, -0.2) is 30.0 Å². The number of carbonyl (C=O) groups is 1. The molecule has 0 spiro atoms. The minimum absolute atomic E-state index is 0.0695. The van der Waals surface area contributed by atoms with Gasteiger partial charge in [0.15, 0.2) is 5.78 Å². The van der Waals surface area contributed by atoms with Crippen LogP contribution in [0.2, 0.25) is 0 Å². The van der Waals surface area contributed by atoms with E-state index in [0.29, 0.717) is 54.7 Å². The predicted molar refractivity (Wildman–Crippen MR) is 115 cm³/mol. The van der Waals surface area contributed by atoms with E-state index >= 15 is 0 Å². The lowest BCUT2D eigenvalue weighted by atomic mass is 9.95. The number of ketones is 1. The fraction of sp³-hybridized carbons (Fsp3) is 0.435. The minimum Gasteiger partial charge on any atom is -0.294 e. The van der Waals surface area contributed by atoms with Crippen molar-refractivity contribution in [1.82, 2.24) is 9.29 Å². The Morgan fingerprint density at radius 1 is 1.29 bits per heavy atom. The number of carbonyl (C=O) groups excluding carboxylic acids is 1. The Morgan fingerprint density at radius 2 is 2.00 bits per heavy atom. The van der Waals surface area contributed by atoms with E-state index in [1.54, 1.807) is 13.0 Å². The first-order valence-electron chi connectivity index (χ1n) is 10.5. The smallest absolute Gasteiger partial charge is 0.218 e. The van der Waals surface area contributed by atoms with E-state index in [4.69, 9.17) is 0 Å². The highest BCUT2D eigenvalue weighted by molar-refractivity contribution is 7.88. The largest absolute Gasteiger partial charge is 0.294 e. The van der Waals surface area contributed by atoms with Gasteiger partial charge in [-0.1, -0.05) is 25.5 Å². The second-order valence-electron chi connectivity index (χ2n) is 7.84. The van der Waals surface area contributed by atoms with Gasteiger partial charge >= 0.3 is 0 Å². The van der Waals surface area contributed by atoms with Crippen LogP contribution in [0.15, 0.2) is 30.3 Å². The molecule has 164 valence electrons. The number of benzene rings is 1. The molecule has 1 aliphatic heterocycles. The molecular weight excluding hydrogens is 417 g/mol. The second-order valence-corrected chi connectivity index (χ2v) is 9.77. The van der Waals surface area contributed by atoms with Crippen LogP contribution >= 0.6 is 0 Å². The van der Waals surface area contributed by atoms with E-state index in [0.717, 1.165) is 6.42 Å². The minimum atomic E-state index is -3.72. The van der Waals surface area contributed by atoms with Crippen molar-refractivity contribution in [2.75, 3.05) is 6.54 Å². The Balaban J connectivity index is 1.98. The first kappa shape index (κ1) is 23.0. The lowest BCUT2D eigenvalue weighted by molar-refractivity contribution is 0.0980. The van der Waals surface area contributed by atoms with Gasteiger partial charge in [0, 0.05) is 24.2 Å². The molecule has 1 atom stereocenters. The molecule has 3 rings (SSSR count). The molecule has 6 nitrogen and oxygen atoms in total. The number of Topliss-reactive ketones (excluding diaryl/α,β-unsaturated/α-hetero) is 1. The van der Waals surface area contributed by atoms with Gasteiger partial charge in [-0.2, -0.15) is 9.57 Å². The number of nitriles is 1. The Kier molecular flexibility index (Phi) is 7.19. The van der Waals surface area contributed by atoms with Gasteiger partial charge in [-0.25, -0.2) is 12.8 Å². The maximum absolute atomic E-state index is 13.2. The third-order valence-electron chi connectivity index (χ3n) is 5.53. The number of hydrogen-bond acceptors (Lipinski definition) is 5. The average molecular weight is 444 g/mol. The number of nitrogens with zero attached hydrogens (tertiary/aromatic N) is 3. The SMILES string of the molecule is CCCC(=O)c1cc(C#N)c(C2CCCCN2S(=O)(=O)Cc2ccc(F)cc2)nc1C. The fourth-order valence-electron chi connectivity index (χ4n) is 4.00. The number of hydrogen-bond donors (Lipinski definition) is 0. The maximum Gasteiger partial charge on any atom is 0.218 e. The molecule has 1 aromatic heterocycles. The first-order valence-corrected chi connectivity index (χ1v) is 12.1. The van der Waals surface area contributed by atoms with Gasteiger partial charge in [0.05, 0.1) is 23.1 Å². The van der Waals surface area contributed by atoms with Crippen molar-refractivity contribution in [2.45, 2.75) is 57.7 Å². The highest BCUT2D eigenvalue weighted by atomic mass is 32.2. The quantitative estimate of drug-likeness (QED) is 0.590. The molecule has 0 bridgehead atoms. The fourth-order valence-corrected chi connectivity index (χ4v) is 5.78. The van der Waals surface area contributed by atoms with E-state index in [9.17, 15) is 22.9 Å². The zero-order valence-corrected chi connectivity index (χ0v) is 18.6. The molecule has 8 heteroatoms. The molecule has 0 amide bonds. The highest BCUT2D eigenvalue weighted by Crippen LogP contribution is 2.35. The lowest BCUT2D eigenvalue weighted by Gasteiger charge is -2.35. The average Bonchev–Trinajstić information content (AvgIpc) is 2.75. The Bertz CT molecular complexity index is 1110. The summed E-state index contributed by atoms with van der Waals surface area (Å²) in [5.74, 6) is -0.745. The molecule has 0 radical (unpaired) electrons. The zero-order valence-electron chi connectivity index (χ0n) is 17.8. The number of pyridine rings is 1. The summed E-state index contributed by atoms with van der Waals surface area (Å²) in [6.07, 6.45) is 3.14. The summed E-state index contributed by atoms with van der Waals surface area (Å²) in [4.78, 5) is 16.9. The van der Waals surface area contributed by atoms with Crippen molar-refractivity contribution in [3.63, 3.8) is 0 Å². The molecule has 1 unspecified atom stereocenters. The summed E-state index contributed by atoms with van der Waals surface area (Å²) in [6.45, 7) is 3.95. The van der Waals surface area contributed by atoms with Crippen LogP contribution in [0.3, 0.4) is 0 Å². The van der Waals surface area contributed by atoms with Gasteiger partial charge in [-0.3, -0.25) is 9.78 Å². The van der Waals surface area contributed by atoms with Crippen molar-refractivity contribution >= 4 is 15.8 Å². The van der Waals surface area contributed by atoms with E-state index in [-0.39, 0.29) is 17.1 Å². The van der Waals surface area contributed by atoms with Gasteiger partial charge in [0.2, 0.25) is 10.0 Å². The Morgan fingerprint density at radius 3 is 2.65 bits per heavy atom. The second kappa shape index (κ2) is 9.67. The van der Waals surface area contributed by atoms with Crippen LogP contribution < -0.4 is 0 Å². The molecule has 2 aromatic rings. The van der Waals surface area contributed by atoms with E-state index in [2.05, 4.69) is 11.1 Å². The molecule has 0 N–H and O–H groups in total. The van der Waals surface area contributed by atoms with Crippen molar-refractivity contribution in [3.8, 4) is 6.07 Å². The molecule has 0 aliphatic carbocycles. The standard InChI is InChI=1S/C23H26FN3O3S/c1-3-6-22(28)20-13-18(14-25)23(26-16(20)2)21-7-4-5-12-27(21)31(29,30)15-17-8-10-19(24)11-9-17/h8-11,13,21H,3-7,12,15H2,1-2H3. The summed E-state index contributed by atoms with van der Waals surface area (Å²) in [5, 5.41) is 9.72. The zero-order chi connectivity index (χ0) is 22.6. The molecule has 1 fully saturated rings. The third-order valence-corrected chi connectivity index (χ3v) is 7.38. The summed E-state index contributed by atoms with van der Waals surface area (Å²) in [5.41, 5.74) is 2.05. The number of aryl methyl sites for hydroxylation is 1. The van der Waals surface area contributed by atoms with E-state index < -0.39 is 21.9 Å². The monoisotopic (exact) mass is 443 g/mol. The first-order chi connectivity index (χ1) is 14.8. The Hall–Kier alpha value is -2.63. The molecule has 1 saturated heterocycles. The van der Waals surface area contributed by atoms with Crippen molar-refractivity contribution in [1.29, 1.82) is 5.26 Å². The number of halogens is 1. The molecular formula is C23H26FN3O3S. The predicted octanol–water partition coefficient (Wildman–Crippen LogP) is 4.44. The van der Waals surface area contributed by atoms with Crippen LogP contribution in [0.5, 0.6) is 0 Å². The summed E-state index contributed by atoms with van der Waals surface area (Å²) < 4.78 is 41.1. The summed E-state index contributed by atoms with van der Waals surface area (Å²) in [7, 11) is -3.72. The molecule has 1 aliphatic rings.